The van der Waals surface area contributed by atoms with Gasteiger partial charge in [-0.1, -0.05) is 20.8 Å². The number of nitrogens with zero attached hydrogens (tertiary/aromatic N) is 2. The molecule has 1 heterocycles. The Hall–Kier alpha value is -0.880. The first-order valence-corrected chi connectivity index (χ1v) is 8.01. The third-order valence-corrected chi connectivity index (χ3v) is 4.32. The lowest BCUT2D eigenvalue weighted by Crippen LogP contribution is -2.32. The summed E-state index contributed by atoms with van der Waals surface area (Å²) in [7, 11) is 0. The molecule has 0 aliphatic rings. The maximum Gasteiger partial charge on any atom is 0.224 e. The molecule has 5 nitrogen and oxygen atoms in total. The van der Waals surface area contributed by atoms with Crippen LogP contribution in [-0.4, -0.2) is 34.8 Å². The number of halogens is 1. The molecule has 0 aromatic carbocycles. The van der Waals surface area contributed by atoms with Crippen molar-refractivity contribution in [1.29, 1.82) is 0 Å². The zero-order chi connectivity index (χ0) is 15.0. The highest BCUT2D eigenvalue weighted by atomic mass is 79.9. The van der Waals surface area contributed by atoms with Crippen molar-refractivity contribution in [2.45, 2.75) is 40.0 Å². The number of hydrogen-bond acceptors (Lipinski definition) is 5. The fourth-order valence-electron chi connectivity index (χ4n) is 1.86. The summed E-state index contributed by atoms with van der Waals surface area (Å²) in [4.78, 5) is 8.68. The largest absolute Gasteiger partial charge is 0.396 e. The van der Waals surface area contributed by atoms with Crippen LogP contribution >= 0.6 is 15.9 Å². The highest BCUT2D eigenvalue weighted by Gasteiger charge is 2.25. The third-order valence-electron chi connectivity index (χ3n) is 3.74. The van der Waals surface area contributed by atoms with E-state index in [0.717, 1.165) is 36.1 Å². The maximum atomic E-state index is 9.60. The zero-order valence-corrected chi connectivity index (χ0v) is 14.1. The Morgan fingerprint density at radius 3 is 2.50 bits per heavy atom. The van der Waals surface area contributed by atoms with Crippen LogP contribution < -0.4 is 10.6 Å². The average molecular weight is 345 g/mol. The predicted octanol–water partition coefficient (Wildman–Crippen LogP) is 3.27. The topological polar surface area (TPSA) is 70.1 Å². The van der Waals surface area contributed by atoms with Gasteiger partial charge in [0.05, 0.1) is 11.1 Å². The van der Waals surface area contributed by atoms with Crippen molar-refractivity contribution in [1.82, 2.24) is 9.97 Å². The second-order valence-corrected chi connectivity index (χ2v) is 5.89. The van der Waals surface area contributed by atoms with Crippen LogP contribution in [0.4, 0.5) is 11.8 Å². The van der Waals surface area contributed by atoms with E-state index in [1.54, 1.807) is 6.20 Å². The fourth-order valence-corrected chi connectivity index (χ4v) is 2.20. The van der Waals surface area contributed by atoms with Gasteiger partial charge in [-0.25, -0.2) is 4.98 Å². The van der Waals surface area contributed by atoms with Gasteiger partial charge < -0.3 is 15.7 Å². The van der Waals surface area contributed by atoms with Crippen LogP contribution in [0.1, 0.15) is 40.0 Å². The Morgan fingerprint density at radius 1 is 1.25 bits per heavy atom. The van der Waals surface area contributed by atoms with E-state index in [4.69, 9.17) is 0 Å². The van der Waals surface area contributed by atoms with Gasteiger partial charge in [-0.05, 0) is 35.2 Å². The minimum atomic E-state index is -0.0958. The molecule has 0 bridgehead atoms. The van der Waals surface area contributed by atoms with Gasteiger partial charge >= 0.3 is 0 Å². The zero-order valence-electron chi connectivity index (χ0n) is 12.5. The van der Waals surface area contributed by atoms with Crippen molar-refractivity contribution < 1.29 is 5.11 Å². The molecule has 0 aliphatic carbocycles. The van der Waals surface area contributed by atoms with Crippen molar-refractivity contribution in [2.75, 3.05) is 30.3 Å². The van der Waals surface area contributed by atoms with Crippen LogP contribution in [-0.2, 0) is 0 Å². The molecule has 6 heteroatoms. The Bertz CT molecular complexity index is 402. The Labute approximate surface area is 129 Å². The number of aromatic nitrogens is 2. The lowest BCUT2D eigenvalue weighted by atomic mass is 9.83. The lowest BCUT2D eigenvalue weighted by Gasteiger charge is -2.29. The van der Waals surface area contributed by atoms with Gasteiger partial charge in [0.1, 0.15) is 5.82 Å². The quantitative estimate of drug-likeness (QED) is 0.641. The summed E-state index contributed by atoms with van der Waals surface area (Å²) in [6, 6.07) is 0. The van der Waals surface area contributed by atoms with Gasteiger partial charge in [-0.3, -0.25) is 0 Å². The molecule has 0 atom stereocenters. The smallest absolute Gasteiger partial charge is 0.224 e. The van der Waals surface area contributed by atoms with Crippen molar-refractivity contribution in [3.63, 3.8) is 0 Å². The van der Waals surface area contributed by atoms with Crippen molar-refractivity contribution in [3.8, 4) is 0 Å². The minimum Gasteiger partial charge on any atom is -0.396 e. The highest BCUT2D eigenvalue weighted by molar-refractivity contribution is 9.10. The summed E-state index contributed by atoms with van der Waals surface area (Å²) in [6.45, 7) is 8.03. The highest BCUT2D eigenvalue weighted by Crippen LogP contribution is 2.27. The molecule has 0 aliphatic heterocycles. The molecular weight excluding hydrogens is 320 g/mol. The van der Waals surface area contributed by atoms with Crippen molar-refractivity contribution in [2.24, 2.45) is 5.41 Å². The number of aliphatic hydroxyl groups excluding tert-OH is 1. The molecule has 3 N–H and O–H groups in total. The normalized spacial score (nSPS) is 11.4. The molecule has 1 aromatic heterocycles. The molecule has 0 unspecified atom stereocenters. The van der Waals surface area contributed by atoms with Crippen molar-refractivity contribution in [3.05, 3.63) is 10.7 Å². The summed E-state index contributed by atoms with van der Waals surface area (Å²) < 4.78 is 0.832. The molecule has 0 saturated carbocycles. The molecule has 1 aromatic rings. The summed E-state index contributed by atoms with van der Waals surface area (Å²) in [5.74, 6) is 1.39. The van der Waals surface area contributed by atoms with E-state index >= 15 is 0 Å². The van der Waals surface area contributed by atoms with Gasteiger partial charge in [0, 0.05) is 24.7 Å². The molecule has 0 radical (unpaired) electrons. The molecular formula is C14H25BrN4O. The molecule has 0 saturated heterocycles. The van der Waals surface area contributed by atoms with E-state index in [2.05, 4.69) is 57.3 Å². The third kappa shape index (κ3) is 4.59. The van der Waals surface area contributed by atoms with E-state index in [1.807, 2.05) is 0 Å². The standard InChI is InChI=1S/C14H25BrN4O/c1-4-7-16-13-17-8-11(15)12(19-13)18-9-14(5-2,6-3)10-20/h8,20H,4-7,9-10H2,1-3H3,(H2,16,17,18,19). The molecule has 0 amide bonds. The Kier molecular flexibility index (Phi) is 7.23. The van der Waals surface area contributed by atoms with Crippen LogP contribution in [0, 0.1) is 5.41 Å². The molecule has 20 heavy (non-hydrogen) atoms. The van der Waals surface area contributed by atoms with E-state index in [-0.39, 0.29) is 12.0 Å². The van der Waals surface area contributed by atoms with Crippen LogP contribution in [0.15, 0.2) is 10.7 Å². The summed E-state index contributed by atoms with van der Waals surface area (Å²) >= 11 is 3.45. The van der Waals surface area contributed by atoms with Crippen molar-refractivity contribution >= 4 is 27.7 Å². The Morgan fingerprint density at radius 2 is 1.95 bits per heavy atom. The van der Waals surface area contributed by atoms with Crippen LogP contribution in [0.2, 0.25) is 0 Å². The lowest BCUT2D eigenvalue weighted by molar-refractivity contribution is 0.127. The van der Waals surface area contributed by atoms with Gasteiger partial charge in [0.2, 0.25) is 5.95 Å². The maximum absolute atomic E-state index is 9.60. The van der Waals surface area contributed by atoms with Gasteiger partial charge in [-0.15, -0.1) is 0 Å². The summed E-state index contributed by atoms with van der Waals surface area (Å²) in [5, 5.41) is 16.1. The monoisotopic (exact) mass is 344 g/mol. The SMILES string of the molecule is CCCNc1ncc(Br)c(NCC(CC)(CC)CO)n1. The predicted molar refractivity (Wildman–Crippen MR) is 87.1 cm³/mol. The molecule has 114 valence electrons. The van der Waals surface area contributed by atoms with E-state index in [1.165, 1.54) is 0 Å². The van der Waals surface area contributed by atoms with E-state index in [0.29, 0.717) is 12.5 Å². The summed E-state index contributed by atoms with van der Waals surface area (Å²) in [5.41, 5.74) is -0.0958. The van der Waals surface area contributed by atoms with Crippen LogP contribution in [0.3, 0.4) is 0 Å². The van der Waals surface area contributed by atoms with Gasteiger partial charge in [-0.2, -0.15) is 4.98 Å². The first kappa shape index (κ1) is 17.2. The first-order valence-electron chi connectivity index (χ1n) is 7.22. The molecule has 0 spiro atoms. The Balaban J connectivity index is 2.75. The number of hydrogen-bond donors (Lipinski definition) is 3. The van der Waals surface area contributed by atoms with Gasteiger partial charge in [0.15, 0.2) is 0 Å². The number of nitrogens with one attached hydrogen (secondary N) is 2. The van der Waals surface area contributed by atoms with Gasteiger partial charge in [0.25, 0.3) is 0 Å². The average Bonchev–Trinajstić information content (AvgIpc) is 2.49. The molecule has 1 rings (SSSR count). The van der Waals surface area contributed by atoms with Crippen LogP contribution in [0.5, 0.6) is 0 Å². The first-order chi connectivity index (χ1) is 9.60. The van der Waals surface area contributed by atoms with Crippen LogP contribution in [0.25, 0.3) is 0 Å². The van der Waals surface area contributed by atoms with E-state index < -0.39 is 0 Å². The summed E-state index contributed by atoms with van der Waals surface area (Å²) in [6.07, 6.45) is 4.63. The fraction of sp³-hybridized carbons (Fsp3) is 0.714. The minimum absolute atomic E-state index is 0.0958. The second kappa shape index (κ2) is 8.42. The number of aliphatic hydroxyl groups is 1. The van der Waals surface area contributed by atoms with E-state index in [9.17, 15) is 5.11 Å². The number of anilines is 2. The second-order valence-electron chi connectivity index (χ2n) is 5.04. The molecule has 0 fully saturated rings. The number of rotatable bonds is 9.